The van der Waals surface area contributed by atoms with Crippen molar-refractivity contribution in [2.75, 3.05) is 21.2 Å². The number of esters is 1. The average Bonchev–Trinajstić information content (AvgIpc) is 2.92. The van der Waals surface area contributed by atoms with Crippen molar-refractivity contribution >= 4 is 11.8 Å². The number of nitrogens with zero attached hydrogens (tertiary/aromatic N) is 1. The van der Waals surface area contributed by atoms with E-state index in [1.807, 2.05) is 25.9 Å². The van der Waals surface area contributed by atoms with Gasteiger partial charge in [-0.25, -0.2) is 0 Å². The molecule has 0 aliphatic carbocycles. The van der Waals surface area contributed by atoms with Crippen molar-refractivity contribution in [3.8, 4) is 0 Å². The molecule has 0 saturated carbocycles. The first kappa shape index (κ1) is 36.0. The van der Waals surface area contributed by atoms with E-state index in [0.717, 1.165) is 0 Å². The number of carbonyl (C=O) groups excluding carboxylic acids is 2. The second kappa shape index (κ2) is 14.1. The van der Waals surface area contributed by atoms with Crippen LogP contribution in [-0.4, -0.2) is 118 Å². The quantitative estimate of drug-likeness (QED) is 0.345. The van der Waals surface area contributed by atoms with Gasteiger partial charge in [-0.2, -0.15) is 0 Å². The summed E-state index contributed by atoms with van der Waals surface area (Å²) in [6.07, 6.45) is -6.25. The van der Waals surface area contributed by atoms with E-state index in [4.69, 9.17) is 18.9 Å². The molecule has 0 spiro atoms. The Bertz CT molecular complexity index is 883. The molecule has 240 valence electrons. The molecule has 14 atom stereocenters. The molecule has 2 fully saturated rings. The number of ketones is 1. The van der Waals surface area contributed by atoms with Crippen LogP contribution in [0.2, 0.25) is 0 Å². The highest BCUT2D eigenvalue weighted by Crippen LogP contribution is 2.39. The molecule has 0 aromatic heterocycles. The van der Waals surface area contributed by atoms with Gasteiger partial charge in [0, 0.05) is 30.9 Å². The predicted molar refractivity (Wildman–Crippen MR) is 152 cm³/mol. The SMILES string of the molecule is CC[C@H]1OC(=O)[C@H](C)[C@@H](O)[C@H](C)[C@@H](O[C@H]2O[C@@H](C)C[C@@H](N(C)C)[C@@H]2O)[C@](C)(OC)C[C@@H](C)C(=O)[C@H](C)[C@@H](O)[C@]1(C)O. The van der Waals surface area contributed by atoms with Gasteiger partial charge in [-0.05, 0) is 61.1 Å². The van der Waals surface area contributed by atoms with Gasteiger partial charge in [0.2, 0.25) is 0 Å². The largest absolute Gasteiger partial charge is 0.459 e. The monoisotopic (exact) mass is 589 g/mol. The van der Waals surface area contributed by atoms with E-state index in [9.17, 15) is 30.0 Å². The Balaban J connectivity index is 2.60. The molecule has 2 rings (SSSR count). The standard InChI is InChI=1S/C30H55NO10/c1-12-21-30(8,37)25(35)17(4)22(32)15(2)14-29(7,38-11)26(18(5)23(33)19(6)27(36)40-21)41-28-24(34)20(31(9)10)13-16(3)39-28/h15-21,23-26,28,33-35,37H,12-14H2,1-11H3/t15-,16+,17+,18+,19-,20-,21-,23+,24+,25-,26-,28-,29-,30-/m1/s1. The Labute approximate surface area is 245 Å². The molecular weight excluding hydrogens is 534 g/mol. The van der Waals surface area contributed by atoms with Crippen LogP contribution in [0, 0.1) is 23.7 Å². The molecule has 2 saturated heterocycles. The molecule has 0 aromatic carbocycles. The van der Waals surface area contributed by atoms with Gasteiger partial charge in [0.1, 0.15) is 23.6 Å². The highest BCUT2D eigenvalue weighted by molar-refractivity contribution is 5.83. The number of likely N-dealkylation sites (N-methyl/N-ethyl adjacent to an activating group) is 1. The third kappa shape index (κ3) is 7.67. The van der Waals surface area contributed by atoms with E-state index in [-0.39, 0.29) is 30.8 Å². The minimum absolute atomic E-state index is 0.134. The molecule has 0 aromatic rings. The lowest BCUT2D eigenvalue weighted by atomic mass is 9.74. The first-order chi connectivity index (χ1) is 18.8. The Morgan fingerprint density at radius 1 is 1.00 bits per heavy atom. The summed E-state index contributed by atoms with van der Waals surface area (Å²) in [5, 5.41) is 45.1. The van der Waals surface area contributed by atoms with Crippen molar-refractivity contribution < 1.29 is 49.0 Å². The van der Waals surface area contributed by atoms with E-state index in [0.29, 0.717) is 6.42 Å². The summed E-state index contributed by atoms with van der Waals surface area (Å²) in [5.41, 5.74) is -3.11. The van der Waals surface area contributed by atoms with Gasteiger partial charge in [-0.15, -0.1) is 0 Å². The highest BCUT2D eigenvalue weighted by atomic mass is 16.7. The summed E-state index contributed by atoms with van der Waals surface area (Å²) in [7, 11) is 5.21. The summed E-state index contributed by atoms with van der Waals surface area (Å²) in [6, 6.07) is -0.244. The molecule has 41 heavy (non-hydrogen) atoms. The van der Waals surface area contributed by atoms with E-state index >= 15 is 0 Å². The van der Waals surface area contributed by atoms with E-state index in [1.54, 1.807) is 34.6 Å². The number of carbonyl (C=O) groups is 2. The lowest BCUT2D eigenvalue weighted by Crippen LogP contribution is -2.60. The van der Waals surface area contributed by atoms with Gasteiger partial charge >= 0.3 is 5.97 Å². The number of hydrogen-bond acceptors (Lipinski definition) is 11. The summed E-state index contributed by atoms with van der Waals surface area (Å²) in [6.45, 7) is 13.2. The number of cyclic esters (lactones) is 1. The molecule has 2 aliphatic rings. The third-order valence-electron chi connectivity index (χ3n) is 9.52. The molecule has 0 unspecified atom stereocenters. The summed E-state index contributed by atoms with van der Waals surface area (Å²) >= 11 is 0. The van der Waals surface area contributed by atoms with Gasteiger partial charge in [-0.3, -0.25) is 9.59 Å². The molecule has 4 N–H and O–H groups in total. The van der Waals surface area contributed by atoms with Crippen molar-refractivity contribution in [1.82, 2.24) is 4.90 Å². The van der Waals surface area contributed by atoms with Gasteiger partial charge in [0.25, 0.3) is 0 Å². The first-order valence-electron chi connectivity index (χ1n) is 14.9. The van der Waals surface area contributed by atoms with Crippen LogP contribution in [0.1, 0.15) is 74.7 Å². The minimum Gasteiger partial charge on any atom is -0.459 e. The number of Topliss-reactive ketones (excluding diaryl/α,β-unsaturated/α-hetero) is 1. The Hall–Kier alpha value is -1.18. The topological polar surface area (TPSA) is 155 Å². The zero-order valence-corrected chi connectivity index (χ0v) is 26.7. The van der Waals surface area contributed by atoms with Crippen molar-refractivity contribution in [3.05, 3.63) is 0 Å². The van der Waals surface area contributed by atoms with Crippen LogP contribution < -0.4 is 0 Å². The number of hydrogen-bond donors (Lipinski definition) is 4. The zero-order chi connectivity index (χ0) is 31.6. The van der Waals surface area contributed by atoms with Crippen LogP contribution in [0.4, 0.5) is 0 Å². The maximum Gasteiger partial charge on any atom is 0.311 e. The second-order valence-electron chi connectivity index (χ2n) is 13.1. The van der Waals surface area contributed by atoms with Crippen molar-refractivity contribution in [3.63, 3.8) is 0 Å². The fourth-order valence-electron chi connectivity index (χ4n) is 6.59. The van der Waals surface area contributed by atoms with Crippen LogP contribution in [-0.2, 0) is 28.5 Å². The molecular formula is C30H55NO10. The summed E-state index contributed by atoms with van der Waals surface area (Å²) < 4.78 is 24.2. The van der Waals surface area contributed by atoms with Crippen LogP contribution in [0.25, 0.3) is 0 Å². The summed E-state index contributed by atoms with van der Waals surface area (Å²) in [4.78, 5) is 28.8. The van der Waals surface area contributed by atoms with Crippen LogP contribution >= 0.6 is 0 Å². The number of aliphatic hydroxyl groups is 4. The predicted octanol–water partition coefficient (Wildman–Crippen LogP) is 1.51. The molecule has 11 nitrogen and oxygen atoms in total. The average molecular weight is 590 g/mol. The second-order valence-corrected chi connectivity index (χ2v) is 13.1. The van der Waals surface area contributed by atoms with Crippen molar-refractivity contribution in [2.24, 2.45) is 23.7 Å². The molecule has 2 heterocycles. The van der Waals surface area contributed by atoms with Gasteiger partial charge < -0.3 is 44.3 Å². The van der Waals surface area contributed by atoms with E-state index in [1.165, 1.54) is 21.0 Å². The fraction of sp³-hybridized carbons (Fsp3) is 0.933. The lowest BCUT2D eigenvalue weighted by molar-refractivity contribution is -0.301. The zero-order valence-electron chi connectivity index (χ0n) is 26.7. The van der Waals surface area contributed by atoms with Crippen molar-refractivity contribution in [2.45, 2.75) is 135 Å². The molecule has 0 amide bonds. The molecule has 0 bridgehead atoms. The number of aliphatic hydroxyl groups excluding tert-OH is 3. The lowest BCUT2D eigenvalue weighted by Gasteiger charge is -2.48. The fourth-order valence-corrected chi connectivity index (χ4v) is 6.59. The highest BCUT2D eigenvalue weighted by Gasteiger charge is 2.51. The van der Waals surface area contributed by atoms with E-state index < -0.39 is 77.7 Å². The Morgan fingerprint density at radius 3 is 2.10 bits per heavy atom. The summed E-state index contributed by atoms with van der Waals surface area (Å²) in [5.74, 6) is -4.49. The van der Waals surface area contributed by atoms with Gasteiger partial charge in [-0.1, -0.05) is 27.7 Å². The Morgan fingerprint density at radius 2 is 1.59 bits per heavy atom. The maximum absolute atomic E-state index is 13.6. The first-order valence-corrected chi connectivity index (χ1v) is 14.9. The third-order valence-corrected chi connectivity index (χ3v) is 9.52. The number of ether oxygens (including phenoxy) is 4. The molecule has 0 radical (unpaired) electrons. The number of rotatable bonds is 5. The van der Waals surface area contributed by atoms with E-state index in [2.05, 4.69) is 0 Å². The van der Waals surface area contributed by atoms with Crippen molar-refractivity contribution in [1.29, 1.82) is 0 Å². The van der Waals surface area contributed by atoms with Crippen LogP contribution in [0.15, 0.2) is 0 Å². The smallest absolute Gasteiger partial charge is 0.311 e. The van der Waals surface area contributed by atoms with Crippen LogP contribution in [0.3, 0.4) is 0 Å². The normalized spacial score (nSPS) is 47.6. The van der Waals surface area contributed by atoms with Crippen LogP contribution in [0.5, 0.6) is 0 Å². The van der Waals surface area contributed by atoms with Gasteiger partial charge in [0.05, 0.1) is 35.9 Å². The Kier molecular flexibility index (Phi) is 12.4. The maximum atomic E-state index is 13.6. The molecule has 11 heteroatoms. The molecule has 2 aliphatic heterocycles. The minimum atomic E-state index is -1.91. The van der Waals surface area contributed by atoms with Gasteiger partial charge in [0.15, 0.2) is 6.29 Å². The number of methoxy groups -OCH3 is 1.